The van der Waals surface area contributed by atoms with Crippen LogP contribution in [0.15, 0.2) is 37.8 Å². The van der Waals surface area contributed by atoms with Crippen molar-refractivity contribution in [3.63, 3.8) is 0 Å². The van der Waals surface area contributed by atoms with Crippen molar-refractivity contribution in [3.8, 4) is 0 Å². The fourth-order valence-electron chi connectivity index (χ4n) is 9.41. The molecule has 5 aliphatic rings. The molecular formula is C40H58N8O11S. The minimum Gasteiger partial charge on any atom is -0.458 e. The normalized spacial score (nSPS) is 39.1. The number of aliphatic hydroxyl groups is 1. The number of likely N-dealkylation sites (N-methyl/N-ethyl adjacent to an activating group) is 1. The zero-order valence-electron chi connectivity index (χ0n) is 35.9. The second-order valence-electron chi connectivity index (χ2n) is 17.3. The predicted molar refractivity (Wildman–Crippen MR) is 215 cm³/mol. The second kappa shape index (κ2) is 18.0. The number of hydrogen-bond acceptors (Lipinski definition) is 18. The lowest BCUT2D eigenvalue weighted by Gasteiger charge is -2.47. The summed E-state index contributed by atoms with van der Waals surface area (Å²) in [5, 5.41) is 29.5. The average molecular weight is 859 g/mol. The Balaban J connectivity index is 1.47. The molecule has 19 nitrogen and oxygen atoms in total. The number of alkyl carbamates (subject to hydrolysis) is 1. The van der Waals surface area contributed by atoms with E-state index in [2.05, 4.69) is 26.0 Å². The standard InChI is InChI=1S/C40H58N8O11S/c1-11-28-40(8)32-21(4)29(49)19(2)15-39(7,33(22(5)30(50)23(6)35(52)56-28)57-36-31(51)26(47(9)10)14-20(3)55-36)58-37(53)42-16-24(18-48(32)38(54)59-40)41-17-25-12-13-27(60-25)34-43-45-46-44-34/h12-13,19-23,26,28,31-34,36,51H,11,14-18H2,1-10H3,(H,42,53)/t19-,20-,21+,22+,23-,26+,28-,31-,32+,33-,36+,39-,40-/m1/s1. The lowest BCUT2D eigenvalue weighted by molar-refractivity contribution is -0.292. The smallest absolute Gasteiger partial charge is 0.411 e. The van der Waals surface area contributed by atoms with Gasteiger partial charge in [0.15, 0.2) is 17.7 Å². The number of aliphatic hydroxyl groups excluding tert-OH is 1. The maximum Gasteiger partial charge on any atom is 0.411 e. The van der Waals surface area contributed by atoms with E-state index in [4.69, 9.17) is 28.7 Å². The minimum absolute atomic E-state index is 0.141. The number of carbonyl (C=O) groups excluding carboxylic acids is 5. The molecule has 330 valence electrons. The third-order valence-corrected chi connectivity index (χ3v) is 13.7. The maximum atomic E-state index is 14.8. The van der Waals surface area contributed by atoms with Crippen molar-refractivity contribution in [2.75, 3.05) is 27.2 Å². The molecule has 1 aromatic rings. The molecule has 0 radical (unpaired) electrons. The molecule has 60 heavy (non-hydrogen) atoms. The third-order valence-electron chi connectivity index (χ3n) is 12.6. The number of Topliss-reactive ketones (excluding diaryl/α,β-unsaturated/α-hetero) is 2. The van der Waals surface area contributed by atoms with Gasteiger partial charge in [0.2, 0.25) is 6.17 Å². The first-order valence-electron chi connectivity index (χ1n) is 20.6. The molecule has 4 saturated heterocycles. The van der Waals surface area contributed by atoms with Gasteiger partial charge >= 0.3 is 18.2 Å². The van der Waals surface area contributed by atoms with Crippen LogP contribution in [-0.4, -0.2) is 132 Å². The van der Waals surface area contributed by atoms with Crippen LogP contribution in [0.5, 0.6) is 0 Å². The monoisotopic (exact) mass is 858 g/mol. The van der Waals surface area contributed by atoms with E-state index in [0.29, 0.717) is 12.1 Å². The zero-order valence-corrected chi connectivity index (χ0v) is 36.7. The van der Waals surface area contributed by atoms with Gasteiger partial charge in [0.05, 0.1) is 42.4 Å². The number of ether oxygens (including phenoxy) is 5. The Hall–Kier alpha value is -4.24. The number of nitrogens with zero attached hydrogens (tertiary/aromatic N) is 7. The number of esters is 1. The van der Waals surface area contributed by atoms with Gasteiger partial charge in [-0.3, -0.25) is 24.3 Å². The molecule has 20 heteroatoms. The van der Waals surface area contributed by atoms with Crippen molar-refractivity contribution in [3.05, 3.63) is 21.9 Å². The number of hydrogen-bond donors (Lipinski definition) is 2. The molecule has 0 aliphatic carbocycles. The third kappa shape index (κ3) is 9.03. The van der Waals surface area contributed by atoms with Crippen LogP contribution >= 0.6 is 11.3 Å². The average Bonchev–Trinajstić information content (AvgIpc) is 3.96. The lowest BCUT2D eigenvalue weighted by atomic mass is 9.73. The first kappa shape index (κ1) is 45.3. The Morgan fingerprint density at radius 2 is 1.72 bits per heavy atom. The number of thiophene rings is 1. The van der Waals surface area contributed by atoms with E-state index in [1.54, 1.807) is 41.5 Å². The summed E-state index contributed by atoms with van der Waals surface area (Å²) in [6, 6.07) is 2.36. The van der Waals surface area contributed by atoms with Crippen molar-refractivity contribution < 1.29 is 52.8 Å². The fraction of sp³-hybridized carbons (Fsp3) is 0.750. The van der Waals surface area contributed by atoms with Gasteiger partial charge in [-0.2, -0.15) is 0 Å². The van der Waals surface area contributed by atoms with E-state index < -0.39 is 95.6 Å². The summed E-state index contributed by atoms with van der Waals surface area (Å²) in [5.41, 5.74) is -2.94. The van der Waals surface area contributed by atoms with Crippen molar-refractivity contribution >= 4 is 46.8 Å². The molecule has 2 N–H and O–H groups in total. The number of ketones is 2. The summed E-state index contributed by atoms with van der Waals surface area (Å²) >= 11 is 1.41. The van der Waals surface area contributed by atoms with Gasteiger partial charge in [-0.25, -0.2) is 9.59 Å². The van der Waals surface area contributed by atoms with Crippen LogP contribution in [0.25, 0.3) is 0 Å². The SMILES string of the molecule is CC[C@H]1OC(=O)[C@H](C)C(=O)[C@H](C)[C@@H](O[C@@H]2O[C@H](C)C[C@H](N(C)C)[C@H]2O)[C@@]2(C)C[C@@H](C)C(=O)[C@H](C)[C@@H]3N(CC(=NCc4ccc(C5N=NN=N5)s4)CNC(=O)O2)C(=O)O[C@@]31C. The molecule has 1 aromatic heterocycles. The summed E-state index contributed by atoms with van der Waals surface area (Å²) in [6.45, 7) is 13.0. The molecule has 6 rings (SSSR count). The van der Waals surface area contributed by atoms with Crippen molar-refractivity contribution in [1.82, 2.24) is 15.1 Å². The Labute approximate surface area is 353 Å². The molecule has 5 aliphatic heterocycles. The quantitative estimate of drug-likeness (QED) is 0.214. The number of rotatable bonds is 7. The fourth-order valence-corrected chi connectivity index (χ4v) is 10.3. The number of cyclic esters (lactones) is 1. The summed E-state index contributed by atoms with van der Waals surface area (Å²) in [6.07, 6.45) is -6.92. The molecular weight excluding hydrogens is 801 g/mol. The zero-order chi connectivity index (χ0) is 43.8. The van der Waals surface area contributed by atoms with E-state index in [0.717, 1.165) is 9.75 Å². The largest absolute Gasteiger partial charge is 0.458 e. The predicted octanol–water partition coefficient (Wildman–Crippen LogP) is 4.82. The second-order valence-corrected chi connectivity index (χ2v) is 18.5. The molecule has 0 aromatic carbocycles. The van der Waals surface area contributed by atoms with Crippen LogP contribution in [0.4, 0.5) is 9.59 Å². The Bertz CT molecular complexity index is 1900. The van der Waals surface area contributed by atoms with Crippen LogP contribution in [0.1, 0.15) is 90.6 Å². The van der Waals surface area contributed by atoms with Crippen LogP contribution in [0.2, 0.25) is 0 Å². The van der Waals surface area contributed by atoms with Crippen LogP contribution in [0.3, 0.4) is 0 Å². The van der Waals surface area contributed by atoms with Gasteiger partial charge in [0, 0.05) is 28.7 Å². The number of carbonyl (C=O) groups is 5. The van der Waals surface area contributed by atoms with Gasteiger partial charge in [0.25, 0.3) is 0 Å². The van der Waals surface area contributed by atoms with Gasteiger partial charge in [-0.1, -0.05) is 27.7 Å². The summed E-state index contributed by atoms with van der Waals surface area (Å²) in [4.78, 5) is 81.2. The molecule has 2 amide bonds. The van der Waals surface area contributed by atoms with Gasteiger partial charge in [-0.05, 0) is 83.6 Å². The highest BCUT2D eigenvalue weighted by atomic mass is 32.1. The topological polar surface area (TPSA) is 232 Å². The first-order valence-corrected chi connectivity index (χ1v) is 21.4. The van der Waals surface area contributed by atoms with Crippen molar-refractivity contribution in [2.45, 2.75) is 141 Å². The summed E-state index contributed by atoms with van der Waals surface area (Å²) in [5.74, 6) is -6.02. The molecule has 2 bridgehead atoms. The number of nitrogens with one attached hydrogen (secondary N) is 1. The number of aliphatic imine (C=N–C) groups is 1. The minimum atomic E-state index is -1.75. The molecule has 4 fully saturated rings. The highest BCUT2D eigenvalue weighted by molar-refractivity contribution is 7.12. The summed E-state index contributed by atoms with van der Waals surface area (Å²) < 4.78 is 31.3. The molecule has 0 saturated carbocycles. The Kier molecular flexibility index (Phi) is 13.6. The van der Waals surface area contributed by atoms with Gasteiger partial charge < -0.3 is 39.0 Å². The molecule has 0 unspecified atom stereocenters. The highest BCUT2D eigenvalue weighted by Gasteiger charge is 2.61. The molecule has 13 atom stereocenters. The van der Waals surface area contributed by atoms with E-state index >= 15 is 0 Å². The lowest BCUT2D eigenvalue weighted by Crippen LogP contribution is -2.60. The van der Waals surface area contributed by atoms with Crippen molar-refractivity contribution in [2.24, 2.45) is 49.3 Å². The van der Waals surface area contributed by atoms with Crippen LogP contribution in [0, 0.1) is 23.7 Å². The number of fused-ring (bicyclic) bond motifs is 4. The Morgan fingerprint density at radius 3 is 2.38 bits per heavy atom. The molecule has 0 spiro atoms. The highest BCUT2D eigenvalue weighted by Crippen LogP contribution is 2.43. The van der Waals surface area contributed by atoms with Crippen molar-refractivity contribution in [1.29, 1.82) is 0 Å². The maximum absolute atomic E-state index is 14.8. The first-order chi connectivity index (χ1) is 28.3. The van der Waals surface area contributed by atoms with Crippen LogP contribution in [-0.2, 0) is 44.6 Å². The number of amides is 2. The van der Waals surface area contributed by atoms with Gasteiger partial charge in [-0.15, -0.1) is 21.6 Å². The van der Waals surface area contributed by atoms with E-state index in [1.165, 1.54) is 23.2 Å². The molecule has 6 heterocycles. The van der Waals surface area contributed by atoms with E-state index in [9.17, 15) is 29.1 Å². The van der Waals surface area contributed by atoms with Gasteiger partial charge in [0.1, 0.15) is 35.6 Å². The summed E-state index contributed by atoms with van der Waals surface area (Å²) in [7, 11) is 3.65. The van der Waals surface area contributed by atoms with E-state index in [1.807, 2.05) is 38.1 Å². The van der Waals surface area contributed by atoms with Crippen LogP contribution < -0.4 is 5.32 Å². The Morgan fingerprint density at radius 1 is 1.02 bits per heavy atom. The van der Waals surface area contributed by atoms with E-state index in [-0.39, 0.29) is 50.4 Å².